The van der Waals surface area contributed by atoms with Crippen molar-refractivity contribution in [1.29, 1.82) is 0 Å². The number of aromatic nitrogens is 1. The first-order valence-electron chi connectivity index (χ1n) is 11.9. The summed E-state index contributed by atoms with van der Waals surface area (Å²) in [7, 11) is 0. The Bertz CT molecular complexity index is 938. The van der Waals surface area contributed by atoms with Crippen LogP contribution in [0.15, 0.2) is 36.5 Å². The van der Waals surface area contributed by atoms with E-state index in [9.17, 15) is 13.6 Å². The maximum absolute atomic E-state index is 12.9. The van der Waals surface area contributed by atoms with E-state index in [4.69, 9.17) is 10.5 Å². The number of pyridine rings is 1. The highest BCUT2D eigenvalue weighted by atomic mass is 19.3. The van der Waals surface area contributed by atoms with E-state index in [1.54, 1.807) is 26.8 Å². The molecule has 2 N–H and O–H groups in total. The molecule has 0 radical (unpaired) electrons. The highest BCUT2D eigenvalue weighted by molar-refractivity contribution is 5.66. The van der Waals surface area contributed by atoms with Crippen molar-refractivity contribution in [2.75, 3.05) is 6.61 Å². The Morgan fingerprint density at radius 2 is 1.76 bits per heavy atom. The molecule has 1 amide bonds. The average molecular weight is 477 g/mol. The lowest BCUT2D eigenvalue weighted by atomic mass is 9.99. The van der Waals surface area contributed by atoms with Crippen LogP contribution in [0.1, 0.15) is 84.4 Å². The van der Waals surface area contributed by atoms with Gasteiger partial charge in [0.15, 0.2) is 0 Å². The van der Waals surface area contributed by atoms with Gasteiger partial charge in [-0.3, -0.25) is 4.98 Å². The van der Waals surface area contributed by atoms with Crippen LogP contribution in [0.2, 0.25) is 0 Å². The van der Waals surface area contributed by atoms with Crippen LogP contribution in [0, 0.1) is 11.8 Å². The molecule has 1 saturated carbocycles. The Balaban J connectivity index is 0.000000440. The summed E-state index contributed by atoms with van der Waals surface area (Å²) >= 11 is 0. The second-order valence-corrected chi connectivity index (χ2v) is 10.4. The van der Waals surface area contributed by atoms with Crippen molar-refractivity contribution in [3.05, 3.63) is 47.8 Å². The van der Waals surface area contributed by atoms with Crippen LogP contribution in [-0.2, 0) is 4.74 Å². The van der Waals surface area contributed by atoms with Crippen LogP contribution in [0.3, 0.4) is 0 Å². The molecule has 0 bridgehead atoms. The maximum atomic E-state index is 12.9. The molecule has 2 aromatic rings. The quantitative estimate of drug-likeness (QED) is 0.428. The van der Waals surface area contributed by atoms with Gasteiger partial charge in [0.2, 0.25) is 0 Å². The number of carbonyl (C=O) groups is 1. The van der Waals surface area contributed by atoms with Crippen molar-refractivity contribution in [2.45, 2.75) is 78.7 Å². The number of carbonyl (C=O) groups excluding carboxylic acids is 1. The molecule has 1 aliphatic rings. The topological polar surface area (TPSA) is 74.4 Å². The molecule has 1 fully saturated rings. The van der Waals surface area contributed by atoms with Crippen LogP contribution in [-0.4, -0.2) is 23.3 Å². The van der Waals surface area contributed by atoms with Crippen molar-refractivity contribution in [1.82, 2.24) is 4.98 Å². The predicted molar refractivity (Wildman–Crippen MR) is 131 cm³/mol. The Hall–Kier alpha value is -2.70. The smallest absolute Gasteiger partial charge is 0.405 e. The molecule has 1 aromatic heterocycles. The Labute approximate surface area is 202 Å². The van der Waals surface area contributed by atoms with Crippen LogP contribution in [0.4, 0.5) is 13.6 Å². The number of primary amides is 1. The average Bonchev–Trinajstić information content (AvgIpc) is 3.55. The molecule has 1 heterocycles. The Kier molecular flexibility index (Phi) is 9.83. The van der Waals surface area contributed by atoms with Crippen LogP contribution < -0.4 is 10.5 Å². The number of ether oxygens (including phenoxy) is 2. The fourth-order valence-corrected chi connectivity index (χ4v) is 3.73. The Morgan fingerprint density at radius 1 is 1.12 bits per heavy atom. The number of halogens is 2. The number of nitrogens with zero attached hydrogens (tertiary/aromatic N) is 1. The number of hydrogen-bond donors (Lipinski definition) is 1. The lowest BCUT2D eigenvalue weighted by molar-refractivity contribution is 0.0600. The van der Waals surface area contributed by atoms with E-state index < -0.39 is 18.1 Å². The molecule has 0 spiro atoms. The summed E-state index contributed by atoms with van der Waals surface area (Å²) in [5, 5.41) is 0. The number of amides is 1. The van der Waals surface area contributed by atoms with E-state index in [-0.39, 0.29) is 5.69 Å². The zero-order valence-electron chi connectivity index (χ0n) is 21.1. The normalized spacial score (nSPS) is 14.4. The van der Waals surface area contributed by atoms with E-state index in [2.05, 4.69) is 36.6 Å². The lowest BCUT2D eigenvalue weighted by Crippen LogP contribution is -2.27. The van der Waals surface area contributed by atoms with Gasteiger partial charge in [0.25, 0.3) is 6.43 Å². The van der Waals surface area contributed by atoms with Gasteiger partial charge in [-0.15, -0.1) is 0 Å². The SMILES string of the molecule is CC(C)(C)OC(N)=O.CC(C)CC(C)COc1ccc(-c2ccnc(C(F)F)c2)cc1C1CC1. The molecule has 3 rings (SSSR count). The third-order valence-electron chi connectivity index (χ3n) is 5.17. The summed E-state index contributed by atoms with van der Waals surface area (Å²) in [6.45, 7) is 12.7. The molecular weight excluding hydrogens is 438 g/mol. The number of alkyl halides is 2. The monoisotopic (exact) mass is 476 g/mol. The fraction of sp³-hybridized carbons (Fsp3) is 0.556. The molecule has 1 unspecified atom stereocenters. The second kappa shape index (κ2) is 12.1. The van der Waals surface area contributed by atoms with Gasteiger partial charge in [0.1, 0.15) is 17.0 Å². The van der Waals surface area contributed by atoms with Crippen LogP contribution >= 0.6 is 0 Å². The largest absolute Gasteiger partial charge is 0.493 e. The molecule has 188 valence electrons. The van der Waals surface area contributed by atoms with Crippen LogP contribution in [0.5, 0.6) is 5.75 Å². The molecule has 5 nitrogen and oxygen atoms in total. The molecule has 0 aliphatic heterocycles. The zero-order valence-corrected chi connectivity index (χ0v) is 21.1. The summed E-state index contributed by atoms with van der Waals surface area (Å²) in [6, 6.07) is 9.31. The van der Waals surface area contributed by atoms with Crippen molar-refractivity contribution in [2.24, 2.45) is 17.6 Å². The number of benzene rings is 1. The molecule has 0 saturated heterocycles. The van der Waals surface area contributed by atoms with Gasteiger partial charge >= 0.3 is 6.09 Å². The van der Waals surface area contributed by atoms with Crippen molar-refractivity contribution >= 4 is 6.09 Å². The maximum Gasteiger partial charge on any atom is 0.405 e. The summed E-state index contributed by atoms with van der Waals surface area (Å²) in [5.41, 5.74) is 7.00. The molecule has 7 heteroatoms. The molecule has 1 aliphatic carbocycles. The van der Waals surface area contributed by atoms with Gasteiger partial charge in [-0.1, -0.05) is 26.8 Å². The van der Waals surface area contributed by atoms with E-state index >= 15 is 0 Å². The summed E-state index contributed by atoms with van der Waals surface area (Å²) in [4.78, 5) is 13.8. The van der Waals surface area contributed by atoms with Gasteiger partial charge in [0.05, 0.1) is 6.61 Å². The number of rotatable bonds is 8. The first-order chi connectivity index (χ1) is 15.9. The minimum atomic E-state index is -2.55. The minimum absolute atomic E-state index is 0.182. The van der Waals surface area contributed by atoms with Crippen molar-refractivity contribution < 1.29 is 23.0 Å². The van der Waals surface area contributed by atoms with E-state index in [0.717, 1.165) is 23.3 Å². The second-order valence-electron chi connectivity index (χ2n) is 10.4. The van der Waals surface area contributed by atoms with Crippen LogP contribution in [0.25, 0.3) is 11.1 Å². The van der Waals surface area contributed by atoms with Gasteiger partial charge in [-0.05, 0) is 98.7 Å². The van der Waals surface area contributed by atoms with Crippen molar-refractivity contribution in [3.8, 4) is 16.9 Å². The van der Waals surface area contributed by atoms with Crippen molar-refractivity contribution in [3.63, 3.8) is 0 Å². The summed E-state index contributed by atoms with van der Waals surface area (Å²) < 4.78 is 36.6. The third-order valence-corrected chi connectivity index (χ3v) is 5.17. The summed E-state index contributed by atoms with van der Waals surface area (Å²) in [5.74, 6) is 2.64. The number of hydrogen-bond acceptors (Lipinski definition) is 4. The van der Waals surface area contributed by atoms with Gasteiger partial charge < -0.3 is 15.2 Å². The molecule has 34 heavy (non-hydrogen) atoms. The van der Waals surface area contributed by atoms with E-state index in [0.29, 0.717) is 24.4 Å². The highest BCUT2D eigenvalue weighted by Crippen LogP contribution is 2.45. The number of nitrogens with two attached hydrogens (primary N) is 1. The molecular formula is C27H38F2N2O3. The summed E-state index contributed by atoms with van der Waals surface area (Å²) in [6.07, 6.45) is 1.65. The molecule has 1 atom stereocenters. The lowest BCUT2D eigenvalue weighted by Gasteiger charge is -2.18. The third kappa shape index (κ3) is 9.65. The van der Waals surface area contributed by atoms with Gasteiger partial charge in [-0.25, -0.2) is 13.6 Å². The Morgan fingerprint density at radius 3 is 2.26 bits per heavy atom. The predicted octanol–water partition coefficient (Wildman–Crippen LogP) is 7.50. The molecule has 1 aromatic carbocycles. The highest BCUT2D eigenvalue weighted by Gasteiger charge is 2.27. The van der Waals surface area contributed by atoms with Gasteiger partial charge in [-0.2, -0.15) is 0 Å². The van der Waals surface area contributed by atoms with E-state index in [1.807, 2.05) is 12.1 Å². The fourth-order valence-electron chi connectivity index (χ4n) is 3.73. The first kappa shape index (κ1) is 27.5. The zero-order chi connectivity index (χ0) is 25.5. The van der Waals surface area contributed by atoms with E-state index in [1.165, 1.54) is 30.7 Å². The standard InChI is InChI=1S/C22H27F2NO.C5H11NO2/c1-14(2)10-15(3)13-26-21-7-6-17(11-19(21)16-4-5-16)18-8-9-25-20(12-18)22(23)24;1-5(2,3)8-4(6)7/h6-9,11-12,14-16,22H,4-5,10,13H2,1-3H3;1-3H3,(H2,6,7). The first-order valence-corrected chi connectivity index (χ1v) is 11.9. The van der Waals surface area contributed by atoms with Gasteiger partial charge in [0, 0.05) is 6.20 Å². The minimum Gasteiger partial charge on any atom is -0.493 e.